The zero-order valence-electron chi connectivity index (χ0n) is 14.2. The van der Waals surface area contributed by atoms with Crippen LogP contribution in [0.1, 0.15) is 31.9 Å². The molecular weight excluding hydrogens is 383 g/mol. The van der Waals surface area contributed by atoms with Crippen molar-refractivity contribution in [3.63, 3.8) is 0 Å². The second-order valence-corrected chi connectivity index (χ2v) is 9.76. The Morgan fingerprint density at radius 2 is 2.08 bits per heavy atom. The Kier molecular flexibility index (Phi) is 6.99. The molecule has 0 saturated carbocycles. The minimum Gasteiger partial charge on any atom is -0.392 e. The standard InChI is InChI=1S/C17H20ClFN2O2S2/c1-17(2,3)25(23)21-9-12-14(7-6-13(18)15(12)19)24-16-11(10-22)5-4-8-20-16/h4-8,21-22H,9-10H2,1-3H3. The molecule has 136 valence electrons. The maximum absolute atomic E-state index is 14.5. The van der Waals surface area contributed by atoms with E-state index in [9.17, 15) is 13.7 Å². The summed E-state index contributed by atoms with van der Waals surface area (Å²) in [5.41, 5.74) is 0.977. The molecule has 1 unspecified atom stereocenters. The molecule has 1 aromatic heterocycles. The molecule has 1 heterocycles. The summed E-state index contributed by atoms with van der Waals surface area (Å²) in [5, 5.41) is 10.0. The van der Waals surface area contributed by atoms with Crippen LogP contribution in [0.2, 0.25) is 5.02 Å². The van der Waals surface area contributed by atoms with Gasteiger partial charge in [-0.1, -0.05) is 29.4 Å². The topological polar surface area (TPSA) is 62.2 Å². The van der Waals surface area contributed by atoms with Crippen molar-refractivity contribution in [2.45, 2.75) is 48.6 Å². The Labute approximate surface area is 158 Å². The van der Waals surface area contributed by atoms with Gasteiger partial charge in [-0.3, -0.25) is 0 Å². The summed E-state index contributed by atoms with van der Waals surface area (Å²) in [6.45, 7) is 5.41. The molecule has 0 saturated heterocycles. The fourth-order valence-corrected chi connectivity index (χ4v) is 3.82. The van der Waals surface area contributed by atoms with Crippen LogP contribution in [0, 0.1) is 5.82 Å². The molecule has 8 heteroatoms. The first-order chi connectivity index (χ1) is 11.7. The lowest BCUT2D eigenvalue weighted by Crippen LogP contribution is -2.33. The van der Waals surface area contributed by atoms with Crippen molar-refractivity contribution < 1.29 is 13.7 Å². The highest BCUT2D eigenvalue weighted by molar-refractivity contribution is 7.99. The van der Waals surface area contributed by atoms with Crippen molar-refractivity contribution in [1.29, 1.82) is 0 Å². The molecule has 0 aliphatic heterocycles. The fourth-order valence-electron chi connectivity index (χ4n) is 1.93. The summed E-state index contributed by atoms with van der Waals surface area (Å²) in [5.74, 6) is -0.549. The van der Waals surface area contributed by atoms with Crippen molar-refractivity contribution in [2.75, 3.05) is 0 Å². The largest absolute Gasteiger partial charge is 0.392 e. The van der Waals surface area contributed by atoms with Gasteiger partial charge in [0.2, 0.25) is 0 Å². The van der Waals surface area contributed by atoms with E-state index in [1.807, 2.05) is 20.8 Å². The third kappa shape index (κ3) is 5.24. The van der Waals surface area contributed by atoms with E-state index in [0.717, 1.165) is 0 Å². The molecule has 2 aromatic rings. The van der Waals surface area contributed by atoms with Gasteiger partial charge in [0, 0.05) is 28.8 Å². The van der Waals surface area contributed by atoms with Crippen molar-refractivity contribution in [3.05, 3.63) is 52.4 Å². The van der Waals surface area contributed by atoms with E-state index in [1.165, 1.54) is 17.8 Å². The van der Waals surface area contributed by atoms with Crippen LogP contribution in [0.3, 0.4) is 0 Å². The first-order valence-corrected chi connectivity index (χ1v) is 9.93. The number of aromatic nitrogens is 1. The van der Waals surface area contributed by atoms with Crippen LogP contribution >= 0.6 is 23.4 Å². The molecule has 0 aliphatic carbocycles. The molecule has 1 aromatic carbocycles. The molecular formula is C17H20ClFN2O2S2. The number of halogens is 2. The second-order valence-electron chi connectivity index (χ2n) is 6.27. The molecule has 25 heavy (non-hydrogen) atoms. The average Bonchev–Trinajstić information content (AvgIpc) is 2.57. The quantitative estimate of drug-likeness (QED) is 0.764. The highest BCUT2D eigenvalue weighted by Gasteiger charge is 2.21. The van der Waals surface area contributed by atoms with Crippen LogP contribution in [-0.2, 0) is 24.1 Å². The van der Waals surface area contributed by atoms with E-state index in [0.29, 0.717) is 21.0 Å². The van der Waals surface area contributed by atoms with E-state index in [2.05, 4.69) is 9.71 Å². The Morgan fingerprint density at radius 3 is 2.72 bits per heavy atom. The maximum atomic E-state index is 14.5. The molecule has 0 aliphatic rings. The van der Waals surface area contributed by atoms with Crippen LogP contribution < -0.4 is 4.72 Å². The number of nitrogens with one attached hydrogen (secondary N) is 1. The van der Waals surface area contributed by atoms with Gasteiger partial charge in [0.05, 0.1) is 27.4 Å². The minimum absolute atomic E-state index is 0.00564. The lowest BCUT2D eigenvalue weighted by molar-refractivity contribution is 0.278. The summed E-state index contributed by atoms with van der Waals surface area (Å²) in [6, 6.07) is 6.66. The van der Waals surface area contributed by atoms with Gasteiger partial charge in [-0.2, -0.15) is 0 Å². The van der Waals surface area contributed by atoms with E-state index in [-0.39, 0.29) is 18.2 Å². The van der Waals surface area contributed by atoms with Gasteiger partial charge in [-0.25, -0.2) is 18.3 Å². The van der Waals surface area contributed by atoms with Crippen LogP contribution in [0.15, 0.2) is 40.4 Å². The number of aliphatic hydroxyl groups is 1. The van der Waals surface area contributed by atoms with Crippen molar-refractivity contribution >= 4 is 34.3 Å². The molecule has 0 radical (unpaired) electrons. The number of rotatable bonds is 6. The Balaban J connectivity index is 2.32. The van der Waals surface area contributed by atoms with Crippen LogP contribution in [0.5, 0.6) is 0 Å². The number of benzene rings is 1. The zero-order chi connectivity index (χ0) is 18.6. The fraction of sp³-hybridized carbons (Fsp3) is 0.353. The van der Waals surface area contributed by atoms with E-state index in [1.54, 1.807) is 24.4 Å². The molecule has 4 nitrogen and oxygen atoms in total. The SMILES string of the molecule is CC(C)(C)S(=O)NCc1c(Sc2ncccc2CO)ccc(Cl)c1F. The summed E-state index contributed by atoms with van der Waals surface area (Å²) in [6.07, 6.45) is 1.61. The Bertz CT molecular complexity index is 782. The molecule has 2 N–H and O–H groups in total. The van der Waals surface area contributed by atoms with Crippen molar-refractivity contribution in [3.8, 4) is 0 Å². The Morgan fingerprint density at radius 1 is 1.36 bits per heavy atom. The molecule has 0 spiro atoms. The predicted octanol–water partition coefficient (Wildman–Crippen LogP) is 4.07. The van der Waals surface area contributed by atoms with Gasteiger partial charge in [-0.05, 0) is 39.0 Å². The monoisotopic (exact) mass is 402 g/mol. The maximum Gasteiger partial charge on any atom is 0.147 e. The average molecular weight is 403 g/mol. The lowest BCUT2D eigenvalue weighted by Gasteiger charge is -2.19. The van der Waals surface area contributed by atoms with Crippen LogP contribution in [0.4, 0.5) is 4.39 Å². The van der Waals surface area contributed by atoms with Gasteiger partial charge in [0.15, 0.2) is 0 Å². The number of nitrogens with zero attached hydrogens (tertiary/aromatic N) is 1. The lowest BCUT2D eigenvalue weighted by atomic mass is 10.2. The minimum atomic E-state index is -1.34. The van der Waals surface area contributed by atoms with Crippen molar-refractivity contribution in [1.82, 2.24) is 9.71 Å². The summed E-state index contributed by atoms with van der Waals surface area (Å²) in [7, 11) is -1.34. The number of hydrogen-bond donors (Lipinski definition) is 2. The first kappa shape index (κ1) is 20.3. The van der Waals surface area contributed by atoms with Gasteiger partial charge in [0.25, 0.3) is 0 Å². The smallest absolute Gasteiger partial charge is 0.147 e. The van der Waals surface area contributed by atoms with Gasteiger partial charge < -0.3 is 5.11 Å². The normalized spacial score (nSPS) is 13.0. The Hall–Kier alpha value is -0.990. The van der Waals surface area contributed by atoms with Gasteiger partial charge in [0.1, 0.15) is 10.8 Å². The number of pyridine rings is 1. The third-order valence-corrected chi connectivity index (χ3v) is 6.29. The molecule has 1 atom stereocenters. The first-order valence-electron chi connectivity index (χ1n) is 7.59. The number of aliphatic hydroxyl groups excluding tert-OH is 1. The van der Waals surface area contributed by atoms with E-state index < -0.39 is 21.5 Å². The highest BCUT2D eigenvalue weighted by Crippen LogP contribution is 2.34. The highest BCUT2D eigenvalue weighted by atomic mass is 35.5. The van der Waals surface area contributed by atoms with E-state index in [4.69, 9.17) is 11.6 Å². The predicted molar refractivity (Wildman–Crippen MR) is 100 cm³/mol. The van der Waals surface area contributed by atoms with Gasteiger partial charge in [-0.15, -0.1) is 0 Å². The molecule has 0 bridgehead atoms. The summed E-state index contributed by atoms with van der Waals surface area (Å²) < 4.78 is 29.1. The van der Waals surface area contributed by atoms with Gasteiger partial charge >= 0.3 is 0 Å². The molecule has 0 amide bonds. The zero-order valence-corrected chi connectivity index (χ0v) is 16.6. The third-order valence-electron chi connectivity index (χ3n) is 3.32. The van der Waals surface area contributed by atoms with E-state index >= 15 is 0 Å². The van der Waals surface area contributed by atoms with Crippen LogP contribution in [0.25, 0.3) is 0 Å². The summed E-state index contributed by atoms with van der Waals surface area (Å²) in [4.78, 5) is 4.84. The second kappa shape index (κ2) is 8.60. The molecule has 0 fully saturated rings. The summed E-state index contributed by atoms with van der Waals surface area (Å²) >= 11 is 7.15. The number of hydrogen-bond acceptors (Lipinski definition) is 4. The van der Waals surface area contributed by atoms with Crippen LogP contribution in [-0.4, -0.2) is 19.0 Å². The molecule has 2 rings (SSSR count). The van der Waals surface area contributed by atoms with Crippen molar-refractivity contribution in [2.24, 2.45) is 0 Å².